The largest absolute Gasteiger partial charge is 0.349 e. The highest BCUT2D eigenvalue weighted by atomic mass is 32.2. The molecule has 0 radical (unpaired) electrons. The molecule has 0 unspecified atom stereocenters. The second kappa shape index (κ2) is 6.84. The third kappa shape index (κ3) is 4.36. The SMILES string of the molecule is C[C@@H](NC(=O)c1ccc(S(=O)(=O)Nc2ccc(F)cc2)cc1)C1CC1. The van der Waals surface area contributed by atoms with E-state index >= 15 is 0 Å². The summed E-state index contributed by atoms with van der Waals surface area (Å²) in [5, 5.41) is 2.92. The van der Waals surface area contributed by atoms with Crippen LogP contribution < -0.4 is 10.0 Å². The summed E-state index contributed by atoms with van der Waals surface area (Å²) in [5.74, 6) is -0.114. The van der Waals surface area contributed by atoms with Gasteiger partial charge in [-0.1, -0.05) is 0 Å². The number of nitrogens with one attached hydrogen (secondary N) is 2. The molecule has 0 saturated heterocycles. The number of benzene rings is 2. The van der Waals surface area contributed by atoms with Crippen LogP contribution in [-0.4, -0.2) is 20.4 Å². The van der Waals surface area contributed by atoms with Crippen molar-refractivity contribution in [1.29, 1.82) is 0 Å². The van der Waals surface area contributed by atoms with Gasteiger partial charge < -0.3 is 5.32 Å². The molecule has 0 heterocycles. The summed E-state index contributed by atoms with van der Waals surface area (Å²) < 4.78 is 39.9. The van der Waals surface area contributed by atoms with Crippen LogP contribution in [0.1, 0.15) is 30.1 Å². The minimum Gasteiger partial charge on any atom is -0.349 e. The maximum absolute atomic E-state index is 12.9. The lowest BCUT2D eigenvalue weighted by molar-refractivity contribution is 0.0935. The van der Waals surface area contributed by atoms with Crippen LogP contribution in [0.15, 0.2) is 53.4 Å². The molecule has 3 rings (SSSR count). The van der Waals surface area contributed by atoms with Crippen molar-refractivity contribution in [1.82, 2.24) is 5.32 Å². The smallest absolute Gasteiger partial charge is 0.261 e. The molecule has 132 valence electrons. The van der Waals surface area contributed by atoms with Gasteiger partial charge in [0.1, 0.15) is 5.82 Å². The first-order valence-electron chi connectivity index (χ1n) is 8.04. The average Bonchev–Trinajstić information content (AvgIpc) is 3.42. The average molecular weight is 362 g/mol. The molecule has 5 nitrogen and oxygen atoms in total. The monoisotopic (exact) mass is 362 g/mol. The molecular formula is C18H19FN2O3S. The van der Waals surface area contributed by atoms with E-state index in [0.29, 0.717) is 11.5 Å². The van der Waals surface area contributed by atoms with Crippen molar-refractivity contribution in [2.45, 2.75) is 30.7 Å². The molecular weight excluding hydrogens is 343 g/mol. The fourth-order valence-electron chi connectivity index (χ4n) is 2.52. The van der Waals surface area contributed by atoms with Crippen molar-refractivity contribution in [2.75, 3.05) is 4.72 Å². The standard InChI is InChI=1S/C18H19FN2O3S/c1-12(13-2-3-13)20-18(22)14-4-10-17(11-5-14)25(23,24)21-16-8-6-15(19)7-9-16/h4-13,21H,2-3H2,1H3,(H,20,22)/t12-/m1/s1. The Labute approximate surface area is 146 Å². The molecule has 1 fully saturated rings. The van der Waals surface area contributed by atoms with Crippen LogP contribution in [-0.2, 0) is 10.0 Å². The zero-order valence-corrected chi connectivity index (χ0v) is 14.5. The van der Waals surface area contributed by atoms with E-state index in [0.717, 1.165) is 12.8 Å². The van der Waals surface area contributed by atoms with Gasteiger partial charge in [0, 0.05) is 17.3 Å². The quantitative estimate of drug-likeness (QED) is 0.829. The first-order valence-corrected chi connectivity index (χ1v) is 9.53. The van der Waals surface area contributed by atoms with Gasteiger partial charge in [-0.05, 0) is 74.2 Å². The minimum atomic E-state index is -3.80. The molecule has 1 aliphatic carbocycles. The highest BCUT2D eigenvalue weighted by Crippen LogP contribution is 2.32. The lowest BCUT2D eigenvalue weighted by Gasteiger charge is -2.13. The van der Waals surface area contributed by atoms with Crippen molar-refractivity contribution >= 4 is 21.6 Å². The normalized spacial score (nSPS) is 15.4. The number of rotatable bonds is 6. The first kappa shape index (κ1) is 17.4. The first-order chi connectivity index (χ1) is 11.8. The van der Waals surface area contributed by atoms with E-state index in [9.17, 15) is 17.6 Å². The van der Waals surface area contributed by atoms with E-state index in [1.165, 1.54) is 48.5 Å². The van der Waals surface area contributed by atoms with Crippen LogP contribution in [0.5, 0.6) is 0 Å². The van der Waals surface area contributed by atoms with Gasteiger partial charge >= 0.3 is 0 Å². The van der Waals surface area contributed by atoms with Gasteiger partial charge in [-0.25, -0.2) is 12.8 Å². The summed E-state index contributed by atoms with van der Waals surface area (Å²) in [6.07, 6.45) is 2.27. The maximum Gasteiger partial charge on any atom is 0.261 e. The molecule has 1 amide bonds. The van der Waals surface area contributed by atoms with E-state index in [1.807, 2.05) is 6.92 Å². The number of carbonyl (C=O) groups excluding carboxylic acids is 1. The zero-order chi connectivity index (χ0) is 18.0. The summed E-state index contributed by atoms with van der Waals surface area (Å²) in [6, 6.07) is 10.9. The Morgan fingerprint density at radius 1 is 1.08 bits per heavy atom. The molecule has 25 heavy (non-hydrogen) atoms. The molecule has 2 aromatic carbocycles. The van der Waals surface area contributed by atoms with Crippen LogP contribution in [0.4, 0.5) is 10.1 Å². The van der Waals surface area contributed by atoms with Crippen molar-refractivity contribution in [3.05, 3.63) is 59.9 Å². The molecule has 0 aliphatic heterocycles. The van der Waals surface area contributed by atoms with Crippen LogP contribution in [0.2, 0.25) is 0 Å². The van der Waals surface area contributed by atoms with Gasteiger partial charge in [0.25, 0.3) is 15.9 Å². The summed E-state index contributed by atoms with van der Waals surface area (Å²) >= 11 is 0. The van der Waals surface area contributed by atoms with Gasteiger partial charge in [-0.2, -0.15) is 0 Å². The number of amides is 1. The van der Waals surface area contributed by atoms with E-state index in [1.54, 1.807) is 0 Å². The predicted octanol–water partition coefficient (Wildman–Crippen LogP) is 3.15. The zero-order valence-electron chi connectivity index (χ0n) is 13.7. The van der Waals surface area contributed by atoms with Crippen molar-refractivity contribution < 1.29 is 17.6 Å². The molecule has 1 saturated carbocycles. The number of halogens is 1. The van der Waals surface area contributed by atoms with Gasteiger partial charge in [-0.3, -0.25) is 9.52 Å². The predicted molar refractivity (Wildman–Crippen MR) is 93.3 cm³/mol. The summed E-state index contributed by atoms with van der Waals surface area (Å²) in [5.41, 5.74) is 0.676. The van der Waals surface area contributed by atoms with E-state index in [2.05, 4.69) is 10.0 Å². The van der Waals surface area contributed by atoms with E-state index in [4.69, 9.17) is 0 Å². The summed E-state index contributed by atoms with van der Waals surface area (Å²) in [7, 11) is -3.80. The fraction of sp³-hybridized carbons (Fsp3) is 0.278. The third-order valence-electron chi connectivity index (χ3n) is 4.21. The Morgan fingerprint density at radius 3 is 2.24 bits per heavy atom. The van der Waals surface area contributed by atoms with Gasteiger partial charge in [-0.15, -0.1) is 0 Å². The third-order valence-corrected chi connectivity index (χ3v) is 5.61. The molecule has 1 aliphatic rings. The Hall–Kier alpha value is -2.41. The van der Waals surface area contributed by atoms with E-state index < -0.39 is 15.8 Å². The van der Waals surface area contributed by atoms with Gasteiger partial charge in [0.05, 0.1) is 4.90 Å². The number of carbonyl (C=O) groups is 1. The Morgan fingerprint density at radius 2 is 1.68 bits per heavy atom. The second-order valence-corrected chi connectivity index (χ2v) is 7.92. The Kier molecular flexibility index (Phi) is 4.76. The van der Waals surface area contributed by atoms with E-state index in [-0.39, 0.29) is 22.5 Å². The highest BCUT2D eigenvalue weighted by Gasteiger charge is 2.29. The number of sulfonamides is 1. The highest BCUT2D eigenvalue weighted by molar-refractivity contribution is 7.92. The molecule has 7 heteroatoms. The van der Waals surface area contributed by atoms with Gasteiger partial charge in [0.2, 0.25) is 0 Å². The molecule has 1 atom stereocenters. The Balaban J connectivity index is 1.69. The van der Waals surface area contributed by atoms with Crippen molar-refractivity contribution in [2.24, 2.45) is 5.92 Å². The summed E-state index contributed by atoms with van der Waals surface area (Å²) in [4.78, 5) is 12.2. The minimum absolute atomic E-state index is 0.0311. The molecule has 2 N–H and O–H groups in total. The van der Waals surface area contributed by atoms with Crippen LogP contribution in [0, 0.1) is 11.7 Å². The lowest BCUT2D eigenvalue weighted by atomic mass is 10.1. The molecule has 0 aromatic heterocycles. The second-order valence-electron chi connectivity index (χ2n) is 6.24. The topological polar surface area (TPSA) is 75.3 Å². The number of hydrogen-bond acceptors (Lipinski definition) is 3. The summed E-state index contributed by atoms with van der Waals surface area (Å²) in [6.45, 7) is 1.97. The fourth-order valence-corrected chi connectivity index (χ4v) is 3.58. The maximum atomic E-state index is 12.9. The molecule has 0 bridgehead atoms. The molecule has 2 aromatic rings. The Bertz CT molecular complexity index is 860. The van der Waals surface area contributed by atoms with Crippen LogP contribution in [0.3, 0.4) is 0 Å². The van der Waals surface area contributed by atoms with Crippen LogP contribution >= 0.6 is 0 Å². The van der Waals surface area contributed by atoms with Crippen molar-refractivity contribution in [3.63, 3.8) is 0 Å². The number of anilines is 1. The lowest BCUT2D eigenvalue weighted by Crippen LogP contribution is -2.33. The molecule has 0 spiro atoms. The van der Waals surface area contributed by atoms with Crippen molar-refractivity contribution in [3.8, 4) is 0 Å². The van der Waals surface area contributed by atoms with Gasteiger partial charge in [0.15, 0.2) is 0 Å². The van der Waals surface area contributed by atoms with Crippen LogP contribution in [0.25, 0.3) is 0 Å². The number of hydrogen-bond donors (Lipinski definition) is 2.